The summed E-state index contributed by atoms with van der Waals surface area (Å²) in [6, 6.07) is 7.33. The first-order valence-corrected chi connectivity index (χ1v) is 5.88. The van der Waals surface area contributed by atoms with Crippen molar-refractivity contribution in [1.82, 2.24) is 0 Å². The van der Waals surface area contributed by atoms with Gasteiger partial charge in [-0.15, -0.1) is 0 Å². The average Bonchev–Trinajstić information content (AvgIpc) is 2.81. The Morgan fingerprint density at radius 2 is 1.94 bits per heavy atom. The lowest BCUT2D eigenvalue weighted by Crippen LogP contribution is -2.37. The maximum Gasteiger partial charge on any atom is 0.264 e. The number of carbonyl (C=O) groups is 2. The van der Waals surface area contributed by atoms with Crippen molar-refractivity contribution in [3.8, 4) is 0 Å². The van der Waals surface area contributed by atoms with Crippen molar-refractivity contribution >= 4 is 17.5 Å². The van der Waals surface area contributed by atoms with E-state index < -0.39 is 11.5 Å². The molecule has 92 valence electrons. The van der Waals surface area contributed by atoms with E-state index in [1.54, 1.807) is 19.1 Å². The van der Waals surface area contributed by atoms with Crippen LogP contribution in [0.3, 0.4) is 0 Å². The van der Waals surface area contributed by atoms with Gasteiger partial charge in [0.1, 0.15) is 0 Å². The topological polar surface area (TPSA) is 62.1 Å². The van der Waals surface area contributed by atoms with Gasteiger partial charge in [-0.2, -0.15) is 10.2 Å². The van der Waals surface area contributed by atoms with Gasteiger partial charge in [0.15, 0.2) is 5.54 Å². The first-order chi connectivity index (χ1) is 8.54. The van der Waals surface area contributed by atoms with Crippen molar-refractivity contribution in [3.05, 3.63) is 29.8 Å². The van der Waals surface area contributed by atoms with E-state index in [0.717, 1.165) is 5.56 Å². The van der Waals surface area contributed by atoms with Crippen molar-refractivity contribution in [2.24, 2.45) is 16.1 Å². The molecule has 3 rings (SSSR count). The summed E-state index contributed by atoms with van der Waals surface area (Å²) < 4.78 is 0. The van der Waals surface area contributed by atoms with E-state index >= 15 is 0 Å². The third kappa shape index (κ3) is 1.27. The van der Waals surface area contributed by atoms with Gasteiger partial charge in [-0.05, 0) is 26.0 Å². The first kappa shape index (κ1) is 11.1. The molecule has 5 nitrogen and oxygen atoms in total. The Bertz CT molecular complexity index is 564. The van der Waals surface area contributed by atoms with Crippen molar-refractivity contribution in [2.45, 2.75) is 19.4 Å². The van der Waals surface area contributed by atoms with Gasteiger partial charge >= 0.3 is 0 Å². The monoisotopic (exact) mass is 243 g/mol. The highest BCUT2D eigenvalue weighted by Crippen LogP contribution is 2.40. The van der Waals surface area contributed by atoms with E-state index in [9.17, 15) is 9.59 Å². The van der Waals surface area contributed by atoms with Gasteiger partial charge < -0.3 is 0 Å². The second kappa shape index (κ2) is 3.48. The zero-order chi connectivity index (χ0) is 12.9. The van der Waals surface area contributed by atoms with Crippen LogP contribution in [0.4, 0.5) is 5.69 Å². The number of fused-ring (bicyclic) bond motifs is 1. The van der Waals surface area contributed by atoms with Crippen LogP contribution in [-0.2, 0) is 9.59 Å². The second-order valence-corrected chi connectivity index (χ2v) is 4.94. The van der Waals surface area contributed by atoms with Gasteiger partial charge in [0.05, 0.1) is 18.2 Å². The molecule has 0 aliphatic carbocycles. The number of hydrogen-bond donors (Lipinski definition) is 0. The summed E-state index contributed by atoms with van der Waals surface area (Å²) in [5.41, 5.74) is 0.701. The summed E-state index contributed by atoms with van der Waals surface area (Å²) >= 11 is 0. The summed E-state index contributed by atoms with van der Waals surface area (Å²) in [5.74, 6) is -0.912. The number of nitrogens with zero attached hydrogens (tertiary/aromatic N) is 3. The predicted molar refractivity (Wildman–Crippen MR) is 65.3 cm³/mol. The Morgan fingerprint density at radius 3 is 2.56 bits per heavy atom. The number of rotatable bonds is 1. The molecule has 2 heterocycles. The number of benzene rings is 1. The maximum absolute atomic E-state index is 12.4. The molecule has 2 atom stereocenters. The quantitative estimate of drug-likeness (QED) is 0.705. The smallest absolute Gasteiger partial charge is 0.264 e. The molecule has 1 fully saturated rings. The Kier molecular flexibility index (Phi) is 2.14. The Balaban J connectivity index is 2.04. The average molecular weight is 243 g/mol. The lowest BCUT2D eigenvalue weighted by Gasteiger charge is -2.16. The zero-order valence-corrected chi connectivity index (χ0v) is 10.3. The maximum atomic E-state index is 12.4. The van der Waals surface area contributed by atoms with Crippen LogP contribution < -0.4 is 4.90 Å². The molecule has 2 unspecified atom stereocenters. The number of anilines is 1. The molecule has 0 radical (unpaired) electrons. The lowest BCUT2D eigenvalue weighted by atomic mass is 9.90. The number of hydrogen-bond acceptors (Lipinski definition) is 4. The summed E-state index contributed by atoms with van der Waals surface area (Å²) in [5, 5.41) is 7.81. The molecule has 5 heteroatoms. The molecule has 0 bridgehead atoms. The second-order valence-electron chi connectivity index (χ2n) is 4.94. The molecule has 1 aromatic carbocycles. The molecule has 0 spiro atoms. The third-order valence-electron chi connectivity index (χ3n) is 3.67. The summed E-state index contributed by atoms with van der Waals surface area (Å²) in [6.45, 7) is 3.95. The van der Waals surface area contributed by atoms with Crippen LogP contribution in [0.15, 0.2) is 34.5 Å². The lowest BCUT2D eigenvalue weighted by molar-refractivity contribution is -0.122. The van der Waals surface area contributed by atoms with Gasteiger partial charge in [0.25, 0.3) is 5.91 Å². The van der Waals surface area contributed by atoms with Gasteiger partial charge in [0, 0.05) is 0 Å². The van der Waals surface area contributed by atoms with Gasteiger partial charge in [-0.25, -0.2) is 4.90 Å². The number of amides is 2. The molecule has 2 aliphatic rings. The molecule has 0 aromatic heterocycles. The number of carbonyl (C=O) groups excluding carboxylic acids is 2. The molecule has 2 aliphatic heterocycles. The molecular formula is C13H13N3O2. The highest BCUT2D eigenvalue weighted by atomic mass is 16.2. The third-order valence-corrected chi connectivity index (χ3v) is 3.67. The SMILES string of the molecule is Cc1ccc(N2C(=O)C3CN=NC3(C)C2=O)cc1. The molecule has 1 aromatic rings. The first-order valence-electron chi connectivity index (χ1n) is 5.88. The van der Waals surface area contributed by atoms with Crippen LogP contribution in [0.2, 0.25) is 0 Å². The minimum Gasteiger partial charge on any atom is -0.274 e. The highest BCUT2D eigenvalue weighted by Gasteiger charge is 2.59. The fourth-order valence-electron chi connectivity index (χ4n) is 2.45. The standard InChI is InChI=1S/C13H13N3O2/c1-8-3-5-9(6-4-8)16-11(17)10-7-14-15-13(10,2)12(16)18/h3-6,10H,7H2,1-2H3. The van der Waals surface area contributed by atoms with E-state index in [1.807, 2.05) is 19.1 Å². The van der Waals surface area contributed by atoms with E-state index in [1.165, 1.54) is 4.90 Å². The number of imide groups is 1. The summed E-state index contributed by atoms with van der Waals surface area (Å²) in [4.78, 5) is 25.9. The fourth-order valence-corrected chi connectivity index (χ4v) is 2.45. The molecule has 18 heavy (non-hydrogen) atoms. The minimum atomic E-state index is -0.998. The molecular weight excluding hydrogens is 230 g/mol. The van der Waals surface area contributed by atoms with Crippen molar-refractivity contribution in [2.75, 3.05) is 11.4 Å². The Labute approximate surface area is 105 Å². The normalized spacial score (nSPS) is 30.1. The van der Waals surface area contributed by atoms with Gasteiger partial charge in [-0.3, -0.25) is 9.59 Å². The molecule has 1 saturated heterocycles. The van der Waals surface area contributed by atoms with E-state index in [-0.39, 0.29) is 11.8 Å². The molecule has 0 N–H and O–H groups in total. The number of azo groups is 1. The van der Waals surface area contributed by atoms with Crippen LogP contribution in [0.5, 0.6) is 0 Å². The molecule has 2 amide bonds. The van der Waals surface area contributed by atoms with Crippen molar-refractivity contribution in [3.63, 3.8) is 0 Å². The van der Waals surface area contributed by atoms with Gasteiger partial charge in [-0.1, -0.05) is 17.7 Å². The van der Waals surface area contributed by atoms with Crippen LogP contribution in [0, 0.1) is 12.8 Å². The predicted octanol–water partition coefficient (Wildman–Crippen LogP) is 1.71. The Morgan fingerprint density at radius 1 is 1.28 bits per heavy atom. The van der Waals surface area contributed by atoms with E-state index in [0.29, 0.717) is 12.2 Å². The number of aryl methyl sites for hydroxylation is 1. The van der Waals surface area contributed by atoms with Crippen molar-refractivity contribution in [1.29, 1.82) is 0 Å². The zero-order valence-electron chi connectivity index (χ0n) is 10.3. The highest BCUT2D eigenvalue weighted by molar-refractivity contribution is 6.25. The van der Waals surface area contributed by atoms with E-state index in [2.05, 4.69) is 10.2 Å². The molecule has 0 saturated carbocycles. The van der Waals surface area contributed by atoms with Crippen molar-refractivity contribution < 1.29 is 9.59 Å². The fraction of sp³-hybridized carbons (Fsp3) is 0.385. The summed E-state index contributed by atoms with van der Waals surface area (Å²) in [6.07, 6.45) is 0. The largest absolute Gasteiger partial charge is 0.274 e. The van der Waals surface area contributed by atoms with Crippen LogP contribution in [0.1, 0.15) is 12.5 Å². The van der Waals surface area contributed by atoms with Crippen LogP contribution in [0.25, 0.3) is 0 Å². The summed E-state index contributed by atoms with van der Waals surface area (Å²) in [7, 11) is 0. The van der Waals surface area contributed by atoms with Gasteiger partial charge in [0.2, 0.25) is 5.91 Å². The minimum absolute atomic E-state index is 0.198. The van der Waals surface area contributed by atoms with E-state index in [4.69, 9.17) is 0 Å². The van der Waals surface area contributed by atoms with Crippen LogP contribution >= 0.6 is 0 Å². The Hall–Kier alpha value is -2.04. The van der Waals surface area contributed by atoms with Crippen LogP contribution in [-0.4, -0.2) is 23.9 Å².